The van der Waals surface area contributed by atoms with Gasteiger partial charge in [-0.1, -0.05) is 83.9 Å². The van der Waals surface area contributed by atoms with E-state index in [9.17, 15) is 9.59 Å². The van der Waals surface area contributed by atoms with Crippen LogP contribution in [0, 0.1) is 0 Å². The van der Waals surface area contributed by atoms with Crippen LogP contribution in [-0.4, -0.2) is 29.2 Å². The summed E-state index contributed by atoms with van der Waals surface area (Å²) in [6, 6.07) is 21.2. The van der Waals surface area contributed by atoms with Crippen molar-refractivity contribution in [2.75, 3.05) is 0 Å². The standard InChI is InChI=1S/C26H22Cl2N4O3/c27-21-11-6-9-18(24(21)28)15-30-32-25(33)23(13-19-14-29-22-12-5-4-10-20(19)22)31-26(34)35-16-17-7-2-1-3-8-17/h1-12,14-15,23,29H,13,16H2,(H,31,34)(H,32,33)/b30-15-/t23-/m1/s1. The van der Waals surface area contributed by atoms with Gasteiger partial charge in [0.2, 0.25) is 0 Å². The third-order valence-corrected chi connectivity index (χ3v) is 6.11. The number of carbonyl (C=O) groups is 2. The van der Waals surface area contributed by atoms with Crippen LogP contribution in [-0.2, 0) is 22.6 Å². The van der Waals surface area contributed by atoms with Gasteiger partial charge in [0, 0.05) is 29.1 Å². The minimum Gasteiger partial charge on any atom is -0.445 e. The number of hydrogen-bond acceptors (Lipinski definition) is 4. The molecule has 1 heterocycles. The van der Waals surface area contributed by atoms with Crippen LogP contribution < -0.4 is 10.7 Å². The number of ether oxygens (including phenoxy) is 1. The van der Waals surface area contributed by atoms with Crippen molar-refractivity contribution in [1.82, 2.24) is 15.7 Å². The lowest BCUT2D eigenvalue weighted by Crippen LogP contribution is -2.47. The molecule has 0 aliphatic heterocycles. The molecule has 0 saturated heterocycles. The van der Waals surface area contributed by atoms with Gasteiger partial charge in [0.05, 0.1) is 16.3 Å². The molecular formula is C26H22Cl2N4O3. The van der Waals surface area contributed by atoms with Crippen molar-refractivity contribution in [1.29, 1.82) is 0 Å². The maximum atomic E-state index is 13.0. The number of nitrogens with zero attached hydrogens (tertiary/aromatic N) is 1. The van der Waals surface area contributed by atoms with Gasteiger partial charge in [-0.15, -0.1) is 0 Å². The van der Waals surface area contributed by atoms with Gasteiger partial charge in [0.25, 0.3) is 5.91 Å². The molecule has 0 unspecified atom stereocenters. The predicted octanol–water partition coefficient (Wildman–Crippen LogP) is 5.46. The van der Waals surface area contributed by atoms with Gasteiger partial charge >= 0.3 is 6.09 Å². The molecule has 1 atom stereocenters. The SMILES string of the molecule is O=C(N[C@H](Cc1c[nH]c2ccccc12)C(=O)N/N=C\c1cccc(Cl)c1Cl)OCc1ccccc1. The average molecular weight is 509 g/mol. The van der Waals surface area contributed by atoms with Gasteiger partial charge in [-0.2, -0.15) is 5.10 Å². The fraction of sp³-hybridized carbons (Fsp3) is 0.115. The van der Waals surface area contributed by atoms with E-state index >= 15 is 0 Å². The molecule has 35 heavy (non-hydrogen) atoms. The van der Waals surface area contributed by atoms with Crippen LogP contribution >= 0.6 is 23.2 Å². The Morgan fingerprint density at radius 2 is 1.77 bits per heavy atom. The van der Waals surface area contributed by atoms with E-state index < -0.39 is 18.0 Å². The molecule has 0 radical (unpaired) electrons. The lowest BCUT2D eigenvalue weighted by atomic mass is 10.0. The quantitative estimate of drug-likeness (QED) is 0.217. The molecule has 0 saturated carbocycles. The van der Waals surface area contributed by atoms with E-state index in [1.165, 1.54) is 6.21 Å². The highest BCUT2D eigenvalue weighted by Crippen LogP contribution is 2.24. The molecule has 0 aliphatic carbocycles. The summed E-state index contributed by atoms with van der Waals surface area (Å²) in [7, 11) is 0. The van der Waals surface area contributed by atoms with Crippen molar-refractivity contribution >= 4 is 52.3 Å². The van der Waals surface area contributed by atoms with Gasteiger partial charge in [0.15, 0.2) is 0 Å². The fourth-order valence-corrected chi connectivity index (χ4v) is 3.86. The third-order valence-electron chi connectivity index (χ3n) is 5.28. The first-order valence-electron chi connectivity index (χ1n) is 10.8. The lowest BCUT2D eigenvalue weighted by molar-refractivity contribution is -0.123. The van der Waals surface area contributed by atoms with Crippen LogP contribution in [0.5, 0.6) is 0 Å². The van der Waals surface area contributed by atoms with Crippen LogP contribution in [0.2, 0.25) is 10.0 Å². The summed E-state index contributed by atoms with van der Waals surface area (Å²) in [6.07, 6.45) is 2.72. The number of benzene rings is 3. The molecular weight excluding hydrogens is 487 g/mol. The molecule has 7 nitrogen and oxygen atoms in total. The van der Waals surface area contributed by atoms with Crippen molar-refractivity contribution in [2.24, 2.45) is 5.10 Å². The van der Waals surface area contributed by atoms with Crippen LogP contribution in [0.4, 0.5) is 4.79 Å². The number of rotatable bonds is 8. The fourth-order valence-electron chi connectivity index (χ4n) is 3.50. The predicted molar refractivity (Wildman–Crippen MR) is 138 cm³/mol. The number of carbonyl (C=O) groups excluding carboxylic acids is 2. The first-order chi connectivity index (χ1) is 17.0. The molecule has 3 N–H and O–H groups in total. The Morgan fingerprint density at radius 1 is 1.00 bits per heavy atom. The molecule has 4 rings (SSSR count). The highest BCUT2D eigenvalue weighted by molar-refractivity contribution is 6.43. The largest absolute Gasteiger partial charge is 0.445 e. The Bertz CT molecular complexity index is 1360. The Morgan fingerprint density at radius 3 is 2.60 bits per heavy atom. The Kier molecular flexibility index (Phi) is 8.03. The van der Waals surface area contributed by atoms with Gasteiger partial charge < -0.3 is 15.0 Å². The summed E-state index contributed by atoms with van der Waals surface area (Å²) < 4.78 is 5.31. The summed E-state index contributed by atoms with van der Waals surface area (Å²) in [4.78, 5) is 28.7. The maximum absolute atomic E-state index is 13.0. The zero-order valence-corrected chi connectivity index (χ0v) is 20.0. The van der Waals surface area contributed by atoms with E-state index in [-0.39, 0.29) is 13.0 Å². The van der Waals surface area contributed by atoms with Crippen LogP contribution in [0.15, 0.2) is 84.1 Å². The molecule has 0 aliphatic rings. The first-order valence-corrected chi connectivity index (χ1v) is 11.6. The highest BCUT2D eigenvalue weighted by atomic mass is 35.5. The number of alkyl carbamates (subject to hydrolysis) is 1. The zero-order chi connectivity index (χ0) is 24.6. The molecule has 0 spiro atoms. The van der Waals surface area contributed by atoms with E-state index in [0.717, 1.165) is 22.0 Å². The van der Waals surface area contributed by atoms with Gasteiger partial charge in [-0.3, -0.25) is 4.79 Å². The second-order valence-electron chi connectivity index (χ2n) is 7.70. The van der Waals surface area contributed by atoms with Crippen LogP contribution in [0.25, 0.3) is 10.9 Å². The minimum absolute atomic E-state index is 0.0829. The van der Waals surface area contributed by atoms with Crippen molar-refractivity contribution < 1.29 is 14.3 Å². The maximum Gasteiger partial charge on any atom is 0.408 e. The monoisotopic (exact) mass is 508 g/mol. The number of aromatic amines is 1. The van der Waals surface area contributed by atoms with E-state index in [1.54, 1.807) is 18.2 Å². The van der Waals surface area contributed by atoms with E-state index in [1.807, 2.05) is 60.8 Å². The average Bonchev–Trinajstić information content (AvgIpc) is 3.28. The zero-order valence-electron chi connectivity index (χ0n) is 18.5. The van der Waals surface area contributed by atoms with Crippen LogP contribution in [0.3, 0.4) is 0 Å². The molecule has 0 fully saturated rings. The van der Waals surface area contributed by atoms with Crippen molar-refractivity contribution in [3.63, 3.8) is 0 Å². The Hall–Kier alpha value is -3.81. The second-order valence-corrected chi connectivity index (χ2v) is 8.48. The number of fused-ring (bicyclic) bond motifs is 1. The summed E-state index contributed by atoms with van der Waals surface area (Å²) in [5.41, 5.74) is 5.65. The summed E-state index contributed by atoms with van der Waals surface area (Å²) in [6.45, 7) is 0.0829. The first kappa shape index (κ1) is 24.3. The van der Waals surface area contributed by atoms with E-state index in [4.69, 9.17) is 27.9 Å². The van der Waals surface area contributed by atoms with Gasteiger partial charge in [0.1, 0.15) is 12.6 Å². The summed E-state index contributed by atoms with van der Waals surface area (Å²) in [5.74, 6) is -0.513. The molecule has 0 bridgehead atoms. The van der Waals surface area contributed by atoms with E-state index in [0.29, 0.717) is 15.6 Å². The molecule has 2 amide bonds. The Labute approximate surface area is 212 Å². The topological polar surface area (TPSA) is 95.6 Å². The Balaban J connectivity index is 1.47. The normalized spacial score (nSPS) is 11.9. The number of para-hydroxylation sites is 1. The second kappa shape index (κ2) is 11.6. The lowest BCUT2D eigenvalue weighted by Gasteiger charge is -2.17. The number of nitrogens with one attached hydrogen (secondary N) is 3. The third kappa shape index (κ3) is 6.41. The van der Waals surface area contributed by atoms with Gasteiger partial charge in [-0.25, -0.2) is 10.2 Å². The molecule has 3 aromatic carbocycles. The number of halogens is 2. The minimum atomic E-state index is -0.940. The number of hydrazone groups is 1. The number of hydrogen-bond donors (Lipinski definition) is 3. The van der Waals surface area contributed by atoms with Crippen molar-refractivity contribution in [2.45, 2.75) is 19.1 Å². The molecule has 178 valence electrons. The number of aromatic nitrogens is 1. The summed E-state index contributed by atoms with van der Waals surface area (Å²) in [5, 5.41) is 8.30. The van der Waals surface area contributed by atoms with Crippen molar-refractivity contribution in [3.05, 3.63) is 106 Å². The van der Waals surface area contributed by atoms with Crippen molar-refractivity contribution in [3.8, 4) is 0 Å². The highest BCUT2D eigenvalue weighted by Gasteiger charge is 2.23. The smallest absolute Gasteiger partial charge is 0.408 e. The molecule has 9 heteroatoms. The van der Waals surface area contributed by atoms with Gasteiger partial charge in [-0.05, 0) is 23.3 Å². The molecule has 4 aromatic rings. The molecule has 1 aromatic heterocycles. The number of amides is 2. The van der Waals surface area contributed by atoms with E-state index in [2.05, 4.69) is 20.8 Å². The van der Waals surface area contributed by atoms with Crippen LogP contribution in [0.1, 0.15) is 16.7 Å². The number of H-pyrrole nitrogens is 1. The summed E-state index contributed by atoms with van der Waals surface area (Å²) >= 11 is 12.2.